The zero-order valence-electron chi connectivity index (χ0n) is 4.03. The number of nitrogens with zero attached hydrogens (tertiary/aromatic N) is 1. The van der Waals surface area contributed by atoms with Crippen molar-refractivity contribution in [1.82, 2.24) is 5.32 Å². The van der Waals surface area contributed by atoms with Crippen molar-refractivity contribution in [2.75, 3.05) is 5.75 Å². The molecule has 1 saturated heterocycles. The monoisotopic (exact) mass is 133 g/mol. The van der Waals surface area contributed by atoms with Gasteiger partial charge in [-0.3, -0.25) is 10.1 Å². The highest BCUT2D eigenvalue weighted by Crippen LogP contribution is 2.13. The minimum absolute atomic E-state index is 0.323. The minimum Gasteiger partial charge on any atom is -0.263 e. The molecule has 0 amide bonds. The zero-order chi connectivity index (χ0) is 5.98. The van der Waals surface area contributed by atoms with E-state index in [2.05, 4.69) is 5.32 Å². The zero-order valence-corrected chi connectivity index (χ0v) is 4.85. The van der Waals surface area contributed by atoms with Crippen LogP contribution >= 0.6 is 11.8 Å². The van der Waals surface area contributed by atoms with Gasteiger partial charge in [0, 0.05) is 4.92 Å². The lowest BCUT2D eigenvalue weighted by Crippen LogP contribution is -2.30. The first-order chi connectivity index (χ1) is 3.80. The lowest BCUT2D eigenvalue weighted by atomic mass is 10.6. The van der Waals surface area contributed by atoms with Gasteiger partial charge >= 0.3 is 0 Å². The standard InChI is InChI=1S/C3H5N2O2S/c6-5(7)3-1-8-2-4-3/h2-4H,1H2. The van der Waals surface area contributed by atoms with E-state index in [4.69, 9.17) is 0 Å². The summed E-state index contributed by atoms with van der Waals surface area (Å²) in [5, 5.41) is 12.5. The quantitative estimate of drug-likeness (QED) is 0.405. The van der Waals surface area contributed by atoms with E-state index in [1.807, 2.05) is 0 Å². The predicted octanol–water partition coefficient (Wildman–Crippen LogP) is 0.0449. The van der Waals surface area contributed by atoms with Crippen LogP contribution in [-0.4, -0.2) is 16.8 Å². The predicted molar refractivity (Wildman–Crippen MR) is 30.7 cm³/mol. The van der Waals surface area contributed by atoms with E-state index in [1.165, 1.54) is 11.8 Å². The van der Waals surface area contributed by atoms with E-state index in [-0.39, 0.29) is 4.92 Å². The molecular weight excluding hydrogens is 128 g/mol. The van der Waals surface area contributed by atoms with Gasteiger partial charge < -0.3 is 0 Å². The van der Waals surface area contributed by atoms with Crippen molar-refractivity contribution < 1.29 is 4.92 Å². The Kier molecular flexibility index (Phi) is 1.69. The maximum atomic E-state index is 9.91. The van der Waals surface area contributed by atoms with Crippen LogP contribution in [0.15, 0.2) is 0 Å². The van der Waals surface area contributed by atoms with Crippen LogP contribution in [0.2, 0.25) is 0 Å². The molecule has 0 aromatic heterocycles. The third-order valence-electron chi connectivity index (χ3n) is 0.852. The number of rotatable bonds is 1. The second-order valence-electron chi connectivity index (χ2n) is 1.42. The van der Waals surface area contributed by atoms with E-state index >= 15 is 0 Å². The Bertz CT molecular complexity index is 101. The van der Waals surface area contributed by atoms with E-state index in [1.54, 1.807) is 5.88 Å². The molecule has 8 heavy (non-hydrogen) atoms. The molecule has 1 fully saturated rings. The van der Waals surface area contributed by atoms with Gasteiger partial charge in [-0.05, 0) is 0 Å². The highest BCUT2D eigenvalue weighted by atomic mass is 32.2. The molecule has 45 valence electrons. The van der Waals surface area contributed by atoms with E-state index in [9.17, 15) is 10.1 Å². The molecule has 1 aliphatic rings. The van der Waals surface area contributed by atoms with Gasteiger partial charge in [-0.15, -0.1) is 11.8 Å². The van der Waals surface area contributed by atoms with Crippen molar-refractivity contribution in [3.63, 3.8) is 0 Å². The van der Waals surface area contributed by atoms with Crippen LogP contribution in [0.4, 0.5) is 0 Å². The number of hydrogen-bond donors (Lipinski definition) is 1. The molecule has 1 rings (SSSR count). The Labute approximate surface area is 50.8 Å². The van der Waals surface area contributed by atoms with Crippen molar-refractivity contribution in [3.05, 3.63) is 16.0 Å². The summed E-state index contributed by atoms with van der Waals surface area (Å²) in [6, 6.07) is 0. The summed E-state index contributed by atoms with van der Waals surface area (Å²) in [6.45, 7) is 0. The molecule has 1 N–H and O–H groups in total. The molecular formula is C3H5N2O2S. The van der Waals surface area contributed by atoms with Gasteiger partial charge in [0.2, 0.25) is 0 Å². The van der Waals surface area contributed by atoms with Crippen LogP contribution in [0.1, 0.15) is 0 Å². The van der Waals surface area contributed by atoms with E-state index in [0.29, 0.717) is 5.75 Å². The van der Waals surface area contributed by atoms with Crippen LogP contribution in [0, 0.1) is 16.0 Å². The summed E-state index contributed by atoms with van der Waals surface area (Å²) >= 11 is 1.43. The molecule has 0 saturated carbocycles. The average Bonchev–Trinajstić information content (AvgIpc) is 2.12. The lowest BCUT2D eigenvalue weighted by molar-refractivity contribution is -0.520. The third-order valence-corrected chi connectivity index (χ3v) is 1.66. The number of thioether (sulfide) groups is 1. The highest BCUT2D eigenvalue weighted by Gasteiger charge is 2.24. The van der Waals surface area contributed by atoms with Crippen molar-refractivity contribution in [3.8, 4) is 0 Å². The Morgan fingerprint density at radius 3 is 3.00 bits per heavy atom. The van der Waals surface area contributed by atoms with Gasteiger partial charge in [-0.2, -0.15) is 0 Å². The fourth-order valence-electron chi connectivity index (χ4n) is 0.436. The van der Waals surface area contributed by atoms with Crippen molar-refractivity contribution in [2.24, 2.45) is 0 Å². The van der Waals surface area contributed by atoms with Crippen molar-refractivity contribution in [1.29, 1.82) is 0 Å². The summed E-state index contributed by atoms with van der Waals surface area (Å²) in [4.78, 5) is 9.59. The highest BCUT2D eigenvalue weighted by molar-refractivity contribution is 8.01. The molecule has 0 spiro atoms. The Morgan fingerprint density at radius 1 is 2.00 bits per heavy atom. The molecule has 1 radical (unpaired) electrons. The summed E-state index contributed by atoms with van der Waals surface area (Å²) < 4.78 is 0. The second-order valence-corrected chi connectivity index (χ2v) is 2.32. The normalized spacial score (nSPS) is 28.2. The van der Waals surface area contributed by atoms with E-state index < -0.39 is 6.17 Å². The molecule has 0 aliphatic carbocycles. The summed E-state index contributed by atoms with van der Waals surface area (Å²) in [7, 11) is 0. The van der Waals surface area contributed by atoms with E-state index in [0.717, 1.165) is 0 Å². The van der Waals surface area contributed by atoms with Crippen molar-refractivity contribution in [2.45, 2.75) is 6.17 Å². The number of nitrogens with one attached hydrogen (secondary N) is 1. The minimum atomic E-state index is -0.556. The van der Waals surface area contributed by atoms with Crippen LogP contribution in [-0.2, 0) is 0 Å². The first kappa shape index (κ1) is 5.84. The topological polar surface area (TPSA) is 55.2 Å². The third kappa shape index (κ3) is 1.10. The van der Waals surface area contributed by atoms with Gasteiger partial charge in [-0.1, -0.05) is 0 Å². The summed E-state index contributed by atoms with van der Waals surface area (Å²) in [6.07, 6.45) is -0.556. The SMILES string of the molecule is O=[N+]([O-])C1CS[CH]N1. The van der Waals surface area contributed by atoms with Gasteiger partial charge in [0.25, 0.3) is 6.17 Å². The maximum absolute atomic E-state index is 9.91. The molecule has 4 nitrogen and oxygen atoms in total. The van der Waals surface area contributed by atoms with Gasteiger partial charge in [-0.25, -0.2) is 5.32 Å². The van der Waals surface area contributed by atoms with Gasteiger partial charge in [0.1, 0.15) is 0 Å². The Balaban J connectivity index is 2.35. The molecule has 0 aromatic carbocycles. The lowest BCUT2D eigenvalue weighted by Gasteiger charge is -1.95. The average molecular weight is 133 g/mol. The molecule has 1 unspecified atom stereocenters. The van der Waals surface area contributed by atoms with Crippen LogP contribution in [0.3, 0.4) is 0 Å². The second kappa shape index (κ2) is 2.32. The summed E-state index contributed by atoms with van der Waals surface area (Å²) in [5.41, 5.74) is 0. The van der Waals surface area contributed by atoms with Crippen LogP contribution in [0.5, 0.6) is 0 Å². The molecule has 5 heteroatoms. The Hall–Kier alpha value is -0.290. The molecule has 1 atom stereocenters. The number of hydrogen-bond acceptors (Lipinski definition) is 4. The fraction of sp³-hybridized carbons (Fsp3) is 0.667. The Morgan fingerprint density at radius 2 is 2.75 bits per heavy atom. The van der Waals surface area contributed by atoms with Crippen molar-refractivity contribution >= 4 is 11.8 Å². The molecule has 0 aromatic rings. The molecule has 1 heterocycles. The van der Waals surface area contributed by atoms with Crippen LogP contribution < -0.4 is 5.32 Å². The first-order valence-electron chi connectivity index (χ1n) is 2.13. The molecule has 0 bridgehead atoms. The smallest absolute Gasteiger partial charge is 0.263 e. The van der Waals surface area contributed by atoms with Gasteiger partial charge in [0.15, 0.2) is 0 Å². The summed E-state index contributed by atoms with van der Waals surface area (Å²) in [5.74, 6) is 2.19. The maximum Gasteiger partial charge on any atom is 0.276 e. The fourth-order valence-corrected chi connectivity index (χ4v) is 1.19. The number of nitro groups is 1. The first-order valence-corrected chi connectivity index (χ1v) is 3.18. The van der Waals surface area contributed by atoms with Gasteiger partial charge in [0.05, 0.1) is 11.6 Å². The van der Waals surface area contributed by atoms with Crippen LogP contribution in [0.25, 0.3) is 0 Å². The molecule has 1 aliphatic heterocycles. The largest absolute Gasteiger partial charge is 0.276 e.